The van der Waals surface area contributed by atoms with Gasteiger partial charge in [-0.25, -0.2) is 0 Å². The van der Waals surface area contributed by atoms with E-state index < -0.39 is 5.97 Å². The van der Waals surface area contributed by atoms with E-state index in [0.29, 0.717) is 6.61 Å². The van der Waals surface area contributed by atoms with Gasteiger partial charge in [0.05, 0.1) is 6.42 Å². The monoisotopic (exact) mass is 446 g/mol. The Hall–Kier alpha value is -3.08. The predicted octanol–water partition coefficient (Wildman–Crippen LogP) is 5.95. The van der Waals surface area contributed by atoms with Gasteiger partial charge < -0.3 is 9.84 Å². The number of benzene rings is 2. The van der Waals surface area contributed by atoms with Crippen LogP contribution in [0.5, 0.6) is 5.75 Å². The highest BCUT2D eigenvalue weighted by Crippen LogP contribution is 2.46. The van der Waals surface area contributed by atoms with Crippen LogP contribution < -0.4 is 4.74 Å². The lowest BCUT2D eigenvalue weighted by molar-refractivity contribution is -0.137. The molecule has 174 valence electrons. The first-order valence-corrected chi connectivity index (χ1v) is 11.6. The van der Waals surface area contributed by atoms with E-state index in [0.717, 1.165) is 17.0 Å². The van der Waals surface area contributed by atoms with Crippen LogP contribution in [0, 0.1) is 0 Å². The van der Waals surface area contributed by atoms with Crippen LogP contribution in [0.15, 0.2) is 54.7 Å². The van der Waals surface area contributed by atoms with Crippen LogP contribution in [0.25, 0.3) is 0 Å². The lowest BCUT2D eigenvalue weighted by atomic mass is 9.63. The molecule has 0 amide bonds. The van der Waals surface area contributed by atoms with Crippen LogP contribution in [0.4, 0.5) is 0 Å². The second kappa shape index (κ2) is 8.69. The summed E-state index contributed by atoms with van der Waals surface area (Å²) in [7, 11) is 1.84. The van der Waals surface area contributed by atoms with Crippen molar-refractivity contribution < 1.29 is 14.6 Å². The molecule has 4 rings (SSSR count). The Labute approximate surface area is 196 Å². The zero-order chi connectivity index (χ0) is 23.8. The van der Waals surface area contributed by atoms with E-state index >= 15 is 0 Å². The lowest BCUT2D eigenvalue weighted by Gasteiger charge is -2.42. The molecule has 0 fully saturated rings. The zero-order valence-corrected chi connectivity index (χ0v) is 20.3. The number of carbonyl (C=O) groups is 1. The average molecular weight is 447 g/mol. The lowest BCUT2D eigenvalue weighted by Crippen LogP contribution is -2.33. The molecule has 1 aromatic heterocycles. The van der Waals surface area contributed by atoms with E-state index in [1.54, 1.807) is 10.9 Å². The molecular formula is C28H34N2O3. The Balaban J connectivity index is 1.50. The van der Waals surface area contributed by atoms with Crippen molar-refractivity contribution in [3.05, 3.63) is 82.7 Å². The largest absolute Gasteiger partial charge is 0.489 e. The van der Waals surface area contributed by atoms with Gasteiger partial charge in [-0.1, -0.05) is 58.0 Å². The summed E-state index contributed by atoms with van der Waals surface area (Å²) in [6.45, 7) is 9.84. The smallest absolute Gasteiger partial charge is 0.304 e. The molecule has 0 unspecified atom stereocenters. The quantitative estimate of drug-likeness (QED) is 0.487. The van der Waals surface area contributed by atoms with Crippen molar-refractivity contribution in [2.45, 2.75) is 70.3 Å². The number of aliphatic carboxylic acids is 1. The normalized spacial score (nSPS) is 17.2. The number of fused-ring (bicyclic) bond motifs is 1. The van der Waals surface area contributed by atoms with Gasteiger partial charge in [0.2, 0.25) is 0 Å². The Morgan fingerprint density at radius 3 is 2.30 bits per heavy atom. The summed E-state index contributed by atoms with van der Waals surface area (Å²) in [6.07, 6.45) is 4.10. The van der Waals surface area contributed by atoms with Crippen molar-refractivity contribution in [3.63, 3.8) is 0 Å². The van der Waals surface area contributed by atoms with E-state index in [1.807, 2.05) is 37.4 Å². The Morgan fingerprint density at radius 2 is 1.70 bits per heavy atom. The van der Waals surface area contributed by atoms with Gasteiger partial charge in [0.25, 0.3) is 0 Å². The van der Waals surface area contributed by atoms with Gasteiger partial charge in [-0.2, -0.15) is 5.10 Å². The maximum Gasteiger partial charge on any atom is 0.304 e. The summed E-state index contributed by atoms with van der Waals surface area (Å²) >= 11 is 0. The molecule has 1 atom stereocenters. The molecule has 5 heteroatoms. The Kier molecular flexibility index (Phi) is 6.08. The summed E-state index contributed by atoms with van der Waals surface area (Å²) in [5, 5.41) is 13.6. The van der Waals surface area contributed by atoms with Crippen molar-refractivity contribution in [2.24, 2.45) is 7.05 Å². The van der Waals surface area contributed by atoms with E-state index in [-0.39, 0.29) is 23.2 Å². The van der Waals surface area contributed by atoms with Gasteiger partial charge in [-0.3, -0.25) is 9.48 Å². The first-order valence-electron chi connectivity index (χ1n) is 11.6. The van der Waals surface area contributed by atoms with Crippen LogP contribution in [0.1, 0.15) is 80.8 Å². The van der Waals surface area contributed by atoms with Gasteiger partial charge in [0, 0.05) is 24.9 Å². The standard InChI is InChI=1S/C28H34N2O3/c1-27(2)13-14-28(3,4)24-16-19(6-11-23(24)27)18-33-21-9-7-20(8-10-21)22(17-26(31)32)25-12-15-29-30(25)5/h6-12,15-16,22H,13-14,17-18H2,1-5H3,(H,31,32)/t22-/m1/s1. The molecule has 1 N–H and O–H groups in total. The molecule has 0 aliphatic heterocycles. The van der Waals surface area contributed by atoms with Crippen molar-refractivity contribution >= 4 is 5.97 Å². The molecule has 0 saturated heterocycles. The second-order valence-corrected chi connectivity index (χ2v) is 10.5. The van der Waals surface area contributed by atoms with Crippen molar-refractivity contribution in [2.75, 3.05) is 0 Å². The van der Waals surface area contributed by atoms with Crippen molar-refractivity contribution in [1.82, 2.24) is 9.78 Å². The Morgan fingerprint density at radius 1 is 1.03 bits per heavy atom. The molecule has 2 aromatic carbocycles. The summed E-state index contributed by atoms with van der Waals surface area (Å²) in [6, 6.07) is 16.4. The topological polar surface area (TPSA) is 64.4 Å². The highest BCUT2D eigenvalue weighted by molar-refractivity contribution is 5.69. The average Bonchev–Trinajstić information content (AvgIpc) is 3.20. The van der Waals surface area contributed by atoms with E-state index in [1.165, 1.54) is 29.5 Å². The number of nitrogens with zero attached hydrogens (tertiary/aromatic N) is 2. The van der Waals surface area contributed by atoms with Gasteiger partial charge >= 0.3 is 5.97 Å². The molecule has 33 heavy (non-hydrogen) atoms. The minimum absolute atomic E-state index is 0.0149. The minimum atomic E-state index is -0.833. The highest BCUT2D eigenvalue weighted by atomic mass is 16.5. The summed E-state index contributed by atoms with van der Waals surface area (Å²) in [5.74, 6) is -0.314. The maximum absolute atomic E-state index is 11.4. The van der Waals surface area contributed by atoms with Crippen LogP contribution >= 0.6 is 0 Å². The van der Waals surface area contributed by atoms with Crippen LogP contribution in [0.2, 0.25) is 0 Å². The number of aryl methyl sites for hydroxylation is 1. The fourth-order valence-corrected chi connectivity index (χ4v) is 4.98. The van der Waals surface area contributed by atoms with Gasteiger partial charge in [-0.15, -0.1) is 0 Å². The molecule has 0 spiro atoms. The van der Waals surface area contributed by atoms with Crippen molar-refractivity contribution in [3.8, 4) is 5.75 Å². The van der Waals surface area contributed by atoms with E-state index in [9.17, 15) is 9.90 Å². The fourth-order valence-electron chi connectivity index (χ4n) is 4.98. The molecule has 0 saturated carbocycles. The first-order chi connectivity index (χ1) is 15.6. The molecule has 3 aromatic rings. The van der Waals surface area contributed by atoms with E-state index in [2.05, 4.69) is 51.0 Å². The summed E-state index contributed by atoms with van der Waals surface area (Å²) < 4.78 is 7.83. The molecule has 1 aliphatic carbocycles. The number of ether oxygens (including phenoxy) is 1. The first kappa shape index (κ1) is 23.1. The van der Waals surface area contributed by atoms with Crippen LogP contribution in [-0.2, 0) is 29.3 Å². The molecule has 5 nitrogen and oxygen atoms in total. The predicted molar refractivity (Wildman–Crippen MR) is 130 cm³/mol. The molecule has 1 aliphatic rings. The number of carboxylic acid groups (broad SMARTS) is 1. The third-order valence-corrected chi connectivity index (χ3v) is 7.20. The molecule has 0 radical (unpaired) electrons. The van der Waals surface area contributed by atoms with E-state index in [4.69, 9.17) is 4.74 Å². The van der Waals surface area contributed by atoms with Crippen LogP contribution in [0.3, 0.4) is 0 Å². The zero-order valence-electron chi connectivity index (χ0n) is 20.3. The maximum atomic E-state index is 11.4. The molecular weight excluding hydrogens is 412 g/mol. The van der Waals surface area contributed by atoms with Gasteiger partial charge in [0.15, 0.2) is 0 Å². The number of carboxylic acids is 1. The number of hydrogen-bond donors (Lipinski definition) is 1. The summed E-state index contributed by atoms with van der Waals surface area (Å²) in [5.41, 5.74) is 6.25. The Bertz CT molecular complexity index is 1140. The highest BCUT2D eigenvalue weighted by Gasteiger charge is 2.36. The fraction of sp³-hybridized carbons (Fsp3) is 0.429. The number of rotatable bonds is 7. The summed E-state index contributed by atoms with van der Waals surface area (Å²) in [4.78, 5) is 11.4. The molecule has 0 bridgehead atoms. The van der Waals surface area contributed by atoms with Gasteiger partial charge in [-0.05, 0) is 64.1 Å². The minimum Gasteiger partial charge on any atom is -0.489 e. The van der Waals surface area contributed by atoms with Crippen molar-refractivity contribution in [1.29, 1.82) is 0 Å². The van der Waals surface area contributed by atoms with Gasteiger partial charge in [0.1, 0.15) is 12.4 Å². The van der Waals surface area contributed by atoms with Crippen LogP contribution in [-0.4, -0.2) is 20.9 Å². The SMILES string of the molecule is Cn1nccc1[C@H](CC(=O)O)c1ccc(OCc2ccc3c(c2)C(C)(C)CCC3(C)C)cc1. The number of aromatic nitrogens is 2. The third kappa shape index (κ3) is 4.82. The second-order valence-electron chi connectivity index (χ2n) is 10.5. The number of hydrogen-bond acceptors (Lipinski definition) is 3. The third-order valence-electron chi connectivity index (χ3n) is 7.20. The molecule has 1 heterocycles.